The Morgan fingerprint density at radius 2 is 1.70 bits per heavy atom. The molecule has 0 bridgehead atoms. The zero-order chi connectivity index (χ0) is 13.9. The van der Waals surface area contributed by atoms with Crippen molar-refractivity contribution in [2.45, 2.75) is 25.2 Å². The SMILES string of the molecule is Nc1onc(C2CC3CC3C2)c1-c1cc(F)cc(F)c1. The molecule has 2 aromatic rings. The lowest BCUT2D eigenvalue weighted by molar-refractivity contribution is 0.416. The largest absolute Gasteiger partial charge is 0.367 e. The van der Waals surface area contributed by atoms with Crippen LogP contribution in [0.2, 0.25) is 0 Å². The molecule has 0 amide bonds. The zero-order valence-corrected chi connectivity index (χ0v) is 10.8. The number of halogens is 2. The predicted molar refractivity (Wildman–Crippen MR) is 69.8 cm³/mol. The number of hydrogen-bond donors (Lipinski definition) is 1. The standard InChI is InChI=1S/C15H14F2N2O/c16-11-4-9(5-12(17)6-11)13-14(19-20-15(13)18)10-2-7-1-8(7)3-10/h4-8,10H,1-3,18H2. The molecule has 1 aromatic carbocycles. The second-order valence-corrected chi connectivity index (χ2v) is 5.89. The van der Waals surface area contributed by atoms with Gasteiger partial charge < -0.3 is 10.3 Å². The molecule has 0 saturated heterocycles. The van der Waals surface area contributed by atoms with Crippen LogP contribution >= 0.6 is 0 Å². The van der Waals surface area contributed by atoms with E-state index in [2.05, 4.69) is 5.16 Å². The van der Waals surface area contributed by atoms with E-state index in [1.165, 1.54) is 18.6 Å². The number of anilines is 1. The molecular formula is C15H14F2N2O. The van der Waals surface area contributed by atoms with Crippen LogP contribution in [0.5, 0.6) is 0 Å². The number of aromatic nitrogens is 1. The van der Waals surface area contributed by atoms with Gasteiger partial charge >= 0.3 is 0 Å². The van der Waals surface area contributed by atoms with Gasteiger partial charge in [0.25, 0.3) is 0 Å². The minimum Gasteiger partial charge on any atom is -0.367 e. The van der Waals surface area contributed by atoms with Crippen LogP contribution < -0.4 is 5.73 Å². The quantitative estimate of drug-likeness (QED) is 0.909. The van der Waals surface area contributed by atoms with Crippen molar-refractivity contribution in [1.29, 1.82) is 0 Å². The Kier molecular flexibility index (Phi) is 2.40. The summed E-state index contributed by atoms with van der Waals surface area (Å²) in [6, 6.07) is 3.38. The van der Waals surface area contributed by atoms with E-state index in [4.69, 9.17) is 10.3 Å². The van der Waals surface area contributed by atoms with Crippen LogP contribution in [-0.4, -0.2) is 5.16 Å². The molecule has 2 N–H and O–H groups in total. The molecule has 2 saturated carbocycles. The fourth-order valence-corrected chi connectivity index (χ4v) is 3.52. The number of nitrogens with zero attached hydrogens (tertiary/aromatic N) is 1. The normalized spacial score (nSPS) is 27.6. The molecule has 0 radical (unpaired) electrons. The molecule has 104 valence electrons. The van der Waals surface area contributed by atoms with Gasteiger partial charge in [-0.15, -0.1) is 0 Å². The number of hydrogen-bond acceptors (Lipinski definition) is 3. The molecule has 5 heteroatoms. The predicted octanol–water partition coefficient (Wildman–Crippen LogP) is 3.72. The number of benzene rings is 1. The summed E-state index contributed by atoms with van der Waals surface area (Å²) >= 11 is 0. The Morgan fingerprint density at radius 1 is 1.05 bits per heavy atom. The van der Waals surface area contributed by atoms with Gasteiger partial charge in [-0.3, -0.25) is 0 Å². The minimum atomic E-state index is -0.624. The second kappa shape index (κ2) is 4.04. The van der Waals surface area contributed by atoms with Gasteiger partial charge in [0.2, 0.25) is 5.88 Å². The fraction of sp³-hybridized carbons (Fsp3) is 0.400. The van der Waals surface area contributed by atoms with Crippen molar-refractivity contribution in [3.8, 4) is 11.1 Å². The molecule has 4 rings (SSSR count). The van der Waals surface area contributed by atoms with Gasteiger partial charge in [-0.25, -0.2) is 8.78 Å². The van der Waals surface area contributed by atoms with Crippen LogP contribution in [0, 0.1) is 23.5 Å². The molecule has 2 aliphatic rings. The van der Waals surface area contributed by atoms with Crippen LogP contribution in [0.1, 0.15) is 30.9 Å². The third-order valence-corrected chi connectivity index (χ3v) is 4.53. The Bertz CT molecular complexity index is 652. The summed E-state index contributed by atoms with van der Waals surface area (Å²) < 4.78 is 31.9. The van der Waals surface area contributed by atoms with E-state index in [0.717, 1.165) is 36.4 Å². The first-order valence-electron chi connectivity index (χ1n) is 6.83. The summed E-state index contributed by atoms with van der Waals surface area (Å²) in [5, 5.41) is 4.04. The van der Waals surface area contributed by atoms with E-state index in [1.807, 2.05) is 0 Å². The van der Waals surface area contributed by atoms with E-state index in [-0.39, 0.29) is 5.88 Å². The molecule has 2 aliphatic carbocycles. The summed E-state index contributed by atoms with van der Waals surface area (Å²) in [4.78, 5) is 0. The van der Waals surface area contributed by atoms with E-state index in [1.54, 1.807) is 0 Å². The molecule has 2 fully saturated rings. The van der Waals surface area contributed by atoms with Crippen LogP contribution in [0.4, 0.5) is 14.7 Å². The van der Waals surface area contributed by atoms with Crippen molar-refractivity contribution in [3.05, 3.63) is 35.5 Å². The third kappa shape index (κ3) is 1.80. The number of fused-ring (bicyclic) bond motifs is 1. The van der Waals surface area contributed by atoms with Crippen molar-refractivity contribution in [3.63, 3.8) is 0 Å². The first-order valence-corrected chi connectivity index (χ1v) is 6.83. The number of nitrogen functional groups attached to an aromatic ring is 1. The average molecular weight is 276 g/mol. The van der Waals surface area contributed by atoms with Crippen molar-refractivity contribution >= 4 is 5.88 Å². The Labute approximate surface area is 114 Å². The number of rotatable bonds is 2. The summed E-state index contributed by atoms with van der Waals surface area (Å²) in [5.41, 5.74) is 7.51. The van der Waals surface area contributed by atoms with Crippen LogP contribution in [0.15, 0.2) is 22.7 Å². The van der Waals surface area contributed by atoms with E-state index in [9.17, 15) is 8.78 Å². The van der Waals surface area contributed by atoms with Crippen molar-refractivity contribution in [1.82, 2.24) is 5.16 Å². The van der Waals surface area contributed by atoms with E-state index >= 15 is 0 Å². The molecular weight excluding hydrogens is 262 g/mol. The van der Waals surface area contributed by atoms with Crippen molar-refractivity contribution in [2.24, 2.45) is 11.8 Å². The smallest absolute Gasteiger partial charge is 0.230 e. The molecule has 2 atom stereocenters. The third-order valence-electron chi connectivity index (χ3n) is 4.53. The molecule has 20 heavy (non-hydrogen) atoms. The van der Waals surface area contributed by atoms with Crippen LogP contribution in [-0.2, 0) is 0 Å². The van der Waals surface area contributed by atoms with Gasteiger partial charge in [-0.1, -0.05) is 5.16 Å². The van der Waals surface area contributed by atoms with Gasteiger partial charge in [0, 0.05) is 12.0 Å². The van der Waals surface area contributed by atoms with E-state index < -0.39 is 11.6 Å². The zero-order valence-electron chi connectivity index (χ0n) is 10.8. The molecule has 1 aromatic heterocycles. The lowest BCUT2D eigenvalue weighted by atomic mass is 9.93. The molecule has 0 spiro atoms. The lowest BCUT2D eigenvalue weighted by Crippen LogP contribution is -1.99. The highest BCUT2D eigenvalue weighted by Crippen LogP contribution is 2.58. The monoisotopic (exact) mass is 276 g/mol. The van der Waals surface area contributed by atoms with Gasteiger partial charge in [0.15, 0.2) is 0 Å². The second-order valence-electron chi connectivity index (χ2n) is 5.89. The highest BCUT2D eigenvalue weighted by molar-refractivity contribution is 5.75. The minimum absolute atomic E-state index is 0.130. The molecule has 3 nitrogen and oxygen atoms in total. The summed E-state index contributed by atoms with van der Waals surface area (Å²) in [6.07, 6.45) is 3.44. The van der Waals surface area contributed by atoms with Crippen LogP contribution in [0.25, 0.3) is 11.1 Å². The fourth-order valence-electron chi connectivity index (χ4n) is 3.52. The number of nitrogens with two attached hydrogens (primary N) is 1. The van der Waals surface area contributed by atoms with Gasteiger partial charge in [0.1, 0.15) is 11.6 Å². The first kappa shape index (κ1) is 11.9. The van der Waals surface area contributed by atoms with Crippen molar-refractivity contribution < 1.29 is 13.3 Å². The highest BCUT2D eigenvalue weighted by atomic mass is 19.1. The summed E-state index contributed by atoms with van der Waals surface area (Å²) in [5.74, 6) is 0.749. The van der Waals surface area contributed by atoms with Gasteiger partial charge in [-0.2, -0.15) is 0 Å². The molecule has 1 heterocycles. The Morgan fingerprint density at radius 3 is 2.35 bits per heavy atom. The molecule has 0 aliphatic heterocycles. The maximum absolute atomic E-state index is 13.4. The highest BCUT2D eigenvalue weighted by Gasteiger charge is 2.47. The Balaban J connectivity index is 1.78. The Hall–Kier alpha value is -1.91. The van der Waals surface area contributed by atoms with Gasteiger partial charge in [0.05, 0.1) is 11.3 Å². The maximum Gasteiger partial charge on any atom is 0.230 e. The van der Waals surface area contributed by atoms with Crippen molar-refractivity contribution in [2.75, 3.05) is 5.73 Å². The summed E-state index contributed by atoms with van der Waals surface area (Å²) in [7, 11) is 0. The first-order chi connectivity index (χ1) is 9.61. The molecule has 2 unspecified atom stereocenters. The lowest BCUT2D eigenvalue weighted by Gasteiger charge is -2.10. The van der Waals surface area contributed by atoms with Crippen LogP contribution in [0.3, 0.4) is 0 Å². The average Bonchev–Trinajstić information content (AvgIpc) is 2.82. The van der Waals surface area contributed by atoms with Gasteiger partial charge in [-0.05, 0) is 48.8 Å². The maximum atomic E-state index is 13.4. The van der Waals surface area contributed by atoms with E-state index in [0.29, 0.717) is 17.0 Å². The topological polar surface area (TPSA) is 52.0 Å². The summed E-state index contributed by atoms with van der Waals surface area (Å²) in [6.45, 7) is 0.